The van der Waals surface area contributed by atoms with E-state index in [0.29, 0.717) is 5.03 Å². The first-order chi connectivity index (χ1) is 4.52. The number of halogens is 3. The molecule has 1 nitrogen and oxygen atoms in total. The van der Waals surface area contributed by atoms with Crippen LogP contribution in [0.4, 0.5) is 0 Å². The van der Waals surface area contributed by atoms with Crippen LogP contribution < -0.4 is 0 Å². The maximum atomic E-state index is 9.44. The van der Waals surface area contributed by atoms with Crippen molar-refractivity contribution in [1.29, 1.82) is 0 Å². The van der Waals surface area contributed by atoms with Gasteiger partial charge in [0, 0.05) is 5.03 Å². The van der Waals surface area contributed by atoms with Gasteiger partial charge in [-0.2, -0.15) is 0 Å². The van der Waals surface area contributed by atoms with Gasteiger partial charge in [0.1, 0.15) is 0 Å². The first-order valence-electron chi connectivity index (χ1n) is 2.64. The number of hydrogen-bond donors (Lipinski definition) is 1. The molecule has 0 amide bonds. The molecule has 0 saturated carbocycles. The van der Waals surface area contributed by atoms with E-state index in [1.807, 2.05) is 0 Å². The van der Waals surface area contributed by atoms with Crippen LogP contribution in [0.25, 0.3) is 0 Å². The fraction of sp³-hybridized carbons (Fsp3) is 0.333. The van der Waals surface area contributed by atoms with Gasteiger partial charge in [-0.15, -0.1) is 0 Å². The average Bonchev–Trinajstić information content (AvgIpc) is 1.81. The van der Waals surface area contributed by atoms with Crippen LogP contribution in [-0.2, 0) is 0 Å². The summed E-state index contributed by atoms with van der Waals surface area (Å²) in [6.07, 6.45) is 4.96. The van der Waals surface area contributed by atoms with E-state index in [4.69, 9.17) is 11.6 Å². The molecule has 2 unspecified atom stereocenters. The zero-order valence-corrected chi connectivity index (χ0v) is 8.82. The molecule has 0 heterocycles. The number of allylic oxidation sites excluding steroid dienone is 2. The second-order valence-electron chi connectivity index (χ2n) is 2.01. The van der Waals surface area contributed by atoms with Crippen molar-refractivity contribution in [3.8, 4) is 0 Å². The first kappa shape index (κ1) is 8.78. The minimum atomic E-state index is -0.995. The van der Waals surface area contributed by atoms with Crippen LogP contribution in [0.5, 0.6) is 0 Å². The Morgan fingerprint density at radius 1 is 1.70 bits per heavy atom. The highest BCUT2D eigenvalue weighted by molar-refractivity contribution is 9.12. The Balaban J connectivity index is 2.84. The summed E-state index contributed by atoms with van der Waals surface area (Å²) in [6, 6.07) is 0. The van der Waals surface area contributed by atoms with E-state index >= 15 is 0 Å². The highest BCUT2D eigenvalue weighted by Gasteiger charge is 2.29. The minimum Gasteiger partial charge on any atom is -0.374 e. The third-order valence-electron chi connectivity index (χ3n) is 1.17. The van der Waals surface area contributed by atoms with Crippen molar-refractivity contribution in [1.82, 2.24) is 0 Å². The minimum absolute atomic E-state index is 0.169. The van der Waals surface area contributed by atoms with E-state index in [-0.39, 0.29) is 4.83 Å². The van der Waals surface area contributed by atoms with Crippen molar-refractivity contribution < 1.29 is 5.11 Å². The lowest BCUT2D eigenvalue weighted by Gasteiger charge is -2.23. The Bertz CT molecular complexity index is 198. The first-order valence-corrected chi connectivity index (χ1v) is 4.73. The van der Waals surface area contributed by atoms with Crippen LogP contribution in [0.3, 0.4) is 0 Å². The van der Waals surface area contributed by atoms with Crippen molar-refractivity contribution in [3.63, 3.8) is 0 Å². The molecule has 1 N–H and O–H groups in total. The maximum absolute atomic E-state index is 9.44. The molecule has 1 aliphatic rings. The molecule has 10 heavy (non-hydrogen) atoms. The van der Waals surface area contributed by atoms with Gasteiger partial charge < -0.3 is 5.11 Å². The van der Waals surface area contributed by atoms with Crippen molar-refractivity contribution in [2.24, 2.45) is 0 Å². The molecule has 0 fully saturated rings. The van der Waals surface area contributed by atoms with Crippen LogP contribution in [-0.4, -0.2) is 14.4 Å². The summed E-state index contributed by atoms with van der Waals surface area (Å²) in [4.78, 5) is -0.169. The Morgan fingerprint density at radius 2 is 2.30 bits per heavy atom. The van der Waals surface area contributed by atoms with Crippen LogP contribution in [0, 0.1) is 0 Å². The van der Waals surface area contributed by atoms with Gasteiger partial charge in [-0.3, -0.25) is 0 Å². The van der Waals surface area contributed by atoms with E-state index in [9.17, 15) is 5.11 Å². The molecule has 0 radical (unpaired) electrons. The van der Waals surface area contributed by atoms with Gasteiger partial charge in [-0.1, -0.05) is 27.5 Å². The van der Waals surface area contributed by atoms with Crippen molar-refractivity contribution in [3.05, 3.63) is 23.3 Å². The van der Waals surface area contributed by atoms with E-state index in [1.165, 1.54) is 0 Å². The van der Waals surface area contributed by atoms with E-state index in [1.54, 1.807) is 18.2 Å². The molecule has 4 heteroatoms. The Hall–Kier alpha value is 0.690. The molecule has 56 valence electrons. The molecule has 1 rings (SSSR count). The summed E-state index contributed by atoms with van der Waals surface area (Å²) in [5.74, 6) is 0. The van der Waals surface area contributed by atoms with E-state index < -0.39 is 4.51 Å². The van der Waals surface area contributed by atoms with E-state index in [2.05, 4.69) is 31.9 Å². The maximum Gasteiger partial charge on any atom is 0.154 e. The van der Waals surface area contributed by atoms with Crippen LogP contribution in [0.2, 0.25) is 0 Å². The van der Waals surface area contributed by atoms with Crippen LogP contribution in [0.15, 0.2) is 23.3 Å². The van der Waals surface area contributed by atoms with Crippen molar-refractivity contribution >= 4 is 43.5 Å². The lowest BCUT2D eigenvalue weighted by Crippen LogP contribution is -2.29. The smallest absolute Gasteiger partial charge is 0.154 e. The molecule has 0 aromatic rings. The summed E-state index contributed by atoms with van der Waals surface area (Å²) in [6.45, 7) is 0. The van der Waals surface area contributed by atoms with Crippen molar-refractivity contribution in [2.75, 3.05) is 0 Å². The monoisotopic (exact) mass is 286 g/mol. The SMILES string of the molecule is OC1(Br)C=CC(Cl)=CC1Br. The molecular weight excluding hydrogens is 283 g/mol. The van der Waals surface area contributed by atoms with Gasteiger partial charge >= 0.3 is 0 Å². The number of hydrogen-bond acceptors (Lipinski definition) is 1. The molecule has 1 aliphatic carbocycles. The predicted octanol–water partition coefficient (Wildman–Crippen LogP) is 2.53. The third kappa shape index (κ3) is 1.84. The molecular formula is C6H5Br2ClO. The zero-order valence-electron chi connectivity index (χ0n) is 4.89. The largest absolute Gasteiger partial charge is 0.374 e. The second-order valence-corrected chi connectivity index (χ2v) is 4.71. The highest BCUT2D eigenvalue weighted by Crippen LogP contribution is 2.33. The fourth-order valence-electron chi connectivity index (χ4n) is 0.601. The van der Waals surface area contributed by atoms with Gasteiger partial charge in [0.15, 0.2) is 4.51 Å². The lowest BCUT2D eigenvalue weighted by atomic mass is 10.1. The third-order valence-corrected chi connectivity index (χ3v) is 3.75. The summed E-state index contributed by atoms with van der Waals surface area (Å²) in [5.41, 5.74) is 0. The predicted molar refractivity (Wildman–Crippen MR) is 49.7 cm³/mol. The Morgan fingerprint density at radius 3 is 2.70 bits per heavy atom. The zero-order chi connectivity index (χ0) is 7.78. The molecule has 0 aromatic carbocycles. The summed E-state index contributed by atoms with van der Waals surface area (Å²) in [7, 11) is 0. The Labute approximate surface area is 81.0 Å². The molecule has 2 atom stereocenters. The number of rotatable bonds is 0. The van der Waals surface area contributed by atoms with Gasteiger partial charge in [0.05, 0.1) is 4.83 Å². The molecule has 0 saturated heterocycles. The summed E-state index contributed by atoms with van der Waals surface area (Å²) >= 11 is 12.0. The van der Waals surface area contributed by atoms with Gasteiger partial charge in [-0.25, -0.2) is 0 Å². The molecule has 0 aliphatic heterocycles. The second kappa shape index (κ2) is 2.97. The van der Waals surface area contributed by atoms with Gasteiger partial charge in [0.2, 0.25) is 0 Å². The van der Waals surface area contributed by atoms with Crippen LogP contribution in [0.1, 0.15) is 0 Å². The van der Waals surface area contributed by atoms with Crippen molar-refractivity contribution in [2.45, 2.75) is 9.34 Å². The Kier molecular flexibility index (Phi) is 2.61. The molecule has 0 spiro atoms. The van der Waals surface area contributed by atoms with Crippen LogP contribution >= 0.6 is 43.5 Å². The summed E-state index contributed by atoms with van der Waals surface area (Å²) < 4.78 is -0.995. The topological polar surface area (TPSA) is 20.2 Å². The molecule has 0 aromatic heterocycles. The lowest BCUT2D eigenvalue weighted by molar-refractivity contribution is 0.204. The van der Waals surface area contributed by atoms with E-state index in [0.717, 1.165) is 0 Å². The fourth-order valence-corrected chi connectivity index (χ4v) is 1.64. The summed E-state index contributed by atoms with van der Waals surface area (Å²) in [5, 5.41) is 10.1. The number of alkyl halides is 2. The van der Waals surface area contributed by atoms with Gasteiger partial charge in [-0.05, 0) is 34.2 Å². The molecule has 0 bridgehead atoms. The van der Waals surface area contributed by atoms with Gasteiger partial charge in [0.25, 0.3) is 0 Å². The normalized spacial score (nSPS) is 39.6. The average molecular weight is 288 g/mol. The quantitative estimate of drug-likeness (QED) is 0.679. The highest BCUT2D eigenvalue weighted by atomic mass is 79.9. The number of aliphatic hydroxyl groups is 1. The standard InChI is InChI=1S/C6H5Br2ClO/c7-5-3-4(9)1-2-6(5,8)10/h1-3,5,10H.